The molecule has 0 saturated carbocycles. The van der Waals surface area contributed by atoms with Crippen LogP contribution in [0, 0.1) is 6.92 Å². The lowest BCUT2D eigenvalue weighted by Gasteiger charge is -2.13. The first-order chi connectivity index (χ1) is 10.3. The molecule has 0 heterocycles. The molecule has 0 fully saturated rings. The van der Waals surface area contributed by atoms with Gasteiger partial charge in [-0.05, 0) is 43.9 Å². The Morgan fingerprint density at radius 1 is 1.32 bits per heavy atom. The molecule has 0 spiro atoms. The monoisotopic (exact) mass is 345 g/mol. The molecule has 0 aromatic heterocycles. The molecule has 0 amide bonds. The van der Waals surface area contributed by atoms with Crippen LogP contribution < -0.4 is 20.3 Å². The summed E-state index contributed by atoms with van der Waals surface area (Å²) in [6, 6.07) is 5.14. The number of aryl methyl sites for hydroxylation is 1. The van der Waals surface area contributed by atoms with Crippen LogP contribution in [0.15, 0.2) is 23.1 Å². The summed E-state index contributed by atoms with van der Waals surface area (Å²) in [6.45, 7) is 3.60. The highest BCUT2D eigenvalue weighted by atomic mass is 32.2. The van der Waals surface area contributed by atoms with E-state index in [0.29, 0.717) is 16.4 Å². The topological polar surface area (TPSA) is 74.7 Å². The van der Waals surface area contributed by atoms with Crippen molar-refractivity contribution < 1.29 is 13.3 Å². The summed E-state index contributed by atoms with van der Waals surface area (Å²) >= 11 is 5.22. The average molecular weight is 346 g/mol. The minimum Gasteiger partial charge on any atom is -0.362 e. The predicted molar refractivity (Wildman–Crippen MR) is 93.9 cm³/mol. The van der Waals surface area contributed by atoms with Gasteiger partial charge in [-0.1, -0.05) is 6.07 Å². The second kappa shape index (κ2) is 8.42. The van der Waals surface area contributed by atoms with Gasteiger partial charge in [0.05, 0.1) is 25.5 Å². The first-order valence-corrected chi connectivity index (χ1v) is 9.03. The molecule has 0 bridgehead atoms. The molecule has 0 aliphatic rings. The maximum absolute atomic E-state index is 11.9. The van der Waals surface area contributed by atoms with Crippen molar-refractivity contribution in [3.63, 3.8) is 0 Å². The molecule has 4 N–H and O–H groups in total. The van der Waals surface area contributed by atoms with Crippen LogP contribution in [0.1, 0.15) is 12.0 Å². The van der Waals surface area contributed by atoms with E-state index in [1.165, 1.54) is 11.9 Å². The maximum atomic E-state index is 11.9. The molecule has 1 rings (SSSR count). The van der Waals surface area contributed by atoms with E-state index in [1.54, 1.807) is 19.1 Å². The average Bonchev–Trinajstić information content (AvgIpc) is 2.45. The number of rotatable bonds is 7. The minimum atomic E-state index is -3.47. The molecule has 0 saturated heterocycles. The van der Waals surface area contributed by atoms with Gasteiger partial charge in [-0.25, -0.2) is 13.1 Å². The second-order valence-corrected chi connectivity index (χ2v) is 7.64. The van der Waals surface area contributed by atoms with Crippen molar-refractivity contribution in [3.05, 3.63) is 23.8 Å². The highest BCUT2D eigenvalue weighted by Gasteiger charge is 2.15. The first-order valence-electron chi connectivity index (χ1n) is 7.14. The van der Waals surface area contributed by atoms with Gasteiger partial charge in [0.1, 0.15) is 0 Å². The molecule has 6 nitrogen and oxygen atoms in total. The third kappa shape index (κ3) is 5.88. The van der Waals surface area contributed by atoms with Crippen molar-refractivity contribution in [1.29, 1.82) is 0 Å². The van der Waals surface area contributed by atoms with Crippen molar-refractivity contribution in [2.75, 3.05) is 39.5 Å². The van der Waals surface area contributed by atoms with Crippen LogP contribution in [0.2, 0.25) is 0 Å². The van der Waals surface area contributed by atoms with E-state index in [1.807, 2.05) is 6.07 Å². The van der Waals surface area contributed by atoms with E-state index < -0.39 is 10.0 Å². The Kier molecular flexibility index (Phi) is 7.21. The summed E-state index contributed by atoms with van der Waals surface area (Å²) < 4.78 is 26.2. The molecule has 0 aliphatic carbocycles. The summed E-state index contributed by atoms with van der Waals surface area (Å²) in [5, 5.41) is 6.62. The molecule has 0 unspecified atom stereocenters. The summed E-state index contributed by atoms with van der Waals surface area (Å²) in [4.78, 5) is 1.64. The normalized spacial score (nSPS) is 11.5. The minimum absolute atomic E-state index is 0.249. The Labute approximate surface area is 138 Å². The van der Waals surface area contributed by atoms with Crippen LogP contribution in [-0.4, -0.2) is 47.8 Å². The van der Waals surface area contributed by atoms with Gasteiger partial charge in [-0.2, -0.15) is 0 Å². The summed E-state index contributed by atoms with van der Waals surface area (Å²) in [5.74, 6) is 0. The van der Waals surface area contributed by atoms with Gasteiger partial charge in [-0.15, -0.1) is 0 Å². The van der Waals surface area contributed by atoms with Crippen molar-refractivity contribution in [1.82, 2.24) is 10.0 Å². The molecule has 8 heteroatoms. The summed E-state index contributed by atoms with van der Waals surface area (Å²) in [5.41, 5.74) is 1.34. The molecule has 124 valence electrons. The van der Waals surface area contributed by atoms with Gasteiger partial charge >= 0.3 is 0 Å². The van der Waals surface area contributed by atoms with E-state index in [2.05, 4.69) is 29.5 Å². The summed E-state index contributed by atoms with van der Waals surface area (Å²) in [6.07, 6.45) is 1.01. The van der Waals surface area contributed by atoms with Gasteiger partial charge in [-0.3, -0.25) is 0 Å². The number of benzene rings is 1. The van der Waals surface area contributed by atoms with Gasteiger partial charge in [0, 0.05) is 18.7 Å². The standard InChI is InChI=1S/C14H24N4O2S2/c1-11-6-7-12(10-13(11)22(19,20)15-2)17-14(21)16-8-5-9-18(3)4/h6-7,10,15H,5,8-9H2,1-4H3,(H2,16,17,21)/p+1. The van der Waals surface area contributed by atoms with Crippen LogP contribution in [0.3, 0.4) is 0 Å². The van der Waals surface area contributed by atoms with Crippen molar-refractivity contribution in [2.45, 2.75) is 18.2 Å². The lowest BCUT2D eigenvalue weighted by atomic mass is 10.2. The molecular weight excluding hydrogens is 320 g/mol. The number of quaternary nitrogens is 1. The van der Waals surface area contributed by atoms with Crippen LogP contribution in [0.25, 0.3) is 0 Å². The Balaban J connectivity index is 2.67. The van der Waals surface area contributed by atoms with Gasteiger partial charge < -0.3 is 15.5 Å². The number of sulfonamides is 1. The lowest BCUT2D eigenvalue weighted by Crippen LogP contribution is -3.05. The second-order valence-electron chi connectivity index (χ2n) is 5.38. The molecule has 0 radical (unpaired) electrons. The van der Waals surface area contributed by atoms with Crippen LogP contribution in [0.5, 0.6) is 0 Å². The quantitative estimate of drug-likeness (QED) is 0.404. The lowest BCUT2D eigenvalue weighted by molar-refractivity contribution is -0.858. The third-order valence-corrected chi connectivity index (χ3v) is 4.95. The molecule has 0 atom stereocenters. The Hall–Kier alpha value is -1.22. The number of hydrogen-bond acceptors (Lipinski definition) is 3. The van der Waals surface area contributed by atoms with E-state index in [9.17, 15) is 8.42 Å². The number of hydrogen-bond donors (Lipinski definition) is 4. The Morgan fingerprint density at radius 2 is 2.00 bits per heavy atom. The molecule has 0 aliphatic heterocycles. The zero-order valence-corrected chi connectivity index (χ0v) is 15.1. The number of nitrogens with one attached hydrogen (secondary N) is 4. The number of anilines is 1. The largest absolute Gasteiger partial charge is 0.362 e. The van der Waals surface area contributed by atoms with Crippen molar-refractivity contribution in [3.8, 4) is 0 Å². The smallest absolute Gasteiger partial charge is 0.240 e. The van der Waals surface area contributed by atoms with Crippen LogP contribution in [0.4, 0.5) is 5.69 Å². The molecule has 1 aromatic carbocycles. The van der Waals surface area contributed by atoms with E-state index in [-0.39, 0.29) is 4.90 Å². The van der Waals surface area contributed by atoms with E-state index in [4.69, 9.17) is 12.2 Å². The van der Waals surface area contributed by atoms with Gasteiger partial charge in [0.25, 0.3) is 0 Å². The third-order valence-electron chi connectivity index (χ3n) is 3.14. The van der Waals surface area contributed by atoms with Crippen molar-refractivity contribution >= 4 is 33.0 Å². The summed E-state index contributed by atoms with van der Waals surface area (Å²) in [7, 11) is 2.13. The molecular formula is C14H25N4O2S2+. The van der Waals surface area contributed by atoms with Crippen LogP contribution >= 0.6 is 12.2 Å². The fourth-order valence-corrected chi connectivity index (χ4v) is 3.11. The SMILES string of the molecule is CNS(=O)(=O)c1cc(NC(=S)NCCC[NH+](C)C)ccc1C. The van der Waals surface area contributed by atoms with E-state index in [0.717, 1.165) is 19.5 Å². The molecule has 22 heavy (non-hydrogen) atoms. The Morgan fingerprint density at radius 3 is 2.59 bits per heavy atom. The zero-order valence-electron chi connectivity index (χ0n) is 13.5. The maximum Gasteiger partial charge on any atom is 0.240 e. The fraction of sp³-hybridized carbons (Fsp3) is 0.500. The van der Waals surface area contributed by atoms with E-state index >= 15 is 0 Å². The zero-order chi connectivity index (χ0) is 16.8. The first kappa shape index (κ1) is 18.8. The van der Waals surface area contributed by atoms with Crippen molar-refractivity contribution in [2.24, 2.45) is 0 Å². The van der Waals surface area contributed by atoms with Gasteiger partial charge in [0.2, 0.25) is 10.0 Å². The highest BCUT2D eigenvalue weighted by molar-refractivity contribution is 7.89. The Bertz CT molecular complexity index is 615. The van der Waals surface area contributed by atoms with Gasteiger partial charge in [0.15, 0.2) is 5.11 Å². The van der Waals surface area contributed by atoms with Crippen LogP contribution in [-0.2, 0) is 10.0 Å². The predicted octanol–water partition coefficient (Wildman–Crippen LogP) is -0.276. The molecule has 1 aromatic rings. The number of thiocarbonyl (C=S) groups is 1. The highest BCUT2D eigenvalue weighted by Crippen LogP contribution is 2.19. The fourth-order valence-electron chi connectivity index (χ4n) is 1.90.